The molecule has 0 saturated heterocycles. The van der Waals surface area contributed by atoms with Crippen molar-refractivity contribution in [2.45, 2.75) is 33.4 Å². The predicted molar refractivity (Wildman–Crippen MR) is 75.4 cm³/mol. The molecule has 2 N–H and O–H groups in total. The van der Waals surface area contributed by atoms with Crippen LogP contribution in [0.4, 0.5) is 0 Å². The Hall–Kier alpha value is -1.06. The minimum absolute atomic E-state index is 0.0440. The molecule has 0 aliphatic heterocycles. The van der Waals surface area contributed by atoms with Gasteiger partial charge in [-0.05, 0) is 23.1 Å². The number of amides is 1. The van der Waals surface area contributed by atoms with Gasteiger partial charge < -0.3 is 10.6 Å². The van der Waals surface area contributed by atoms with Crippen LogP contribution in [-0.4, -0.2) is 23.9 Å². The Morgan fingerprint density at radius 1 is 1.33 bits per heavy atom. The molecule has 18 heavy (non-hydrogen) atoms. The molecule has 0 bridgehead atoms. The fraction of sp³-hybridized carbons (Fsp3) is 0.500. The van der Waals surface area contributed by atoms with Crippen LogP contribution in [0.3, 0.4) is 0 Å². The molecule has 0 aromatic heterocycles. The Kier molecular flexibility index (Phi) is 4.77. The molecule has 1 aromatic rings. The fourth-order valence-corrected chi connectivity index (χ4v) is 1.68. The molecule has 1 aromatic carbocycles. The highest BCUT2D eigenvalue weighted by molar-refractivity contribution is 6.30. The van der Waals surface area contributed by atoms with Crippen LogP contribution in [0.15, 0.2) is 24.3 Å². The van der Waals surface area contributed by atoms with E-state index in [9.17, 15) is 4.79 Å². The van der Waals surface area contributed by atoms with Gasteiger partial charge in [0.15, 0.2) is 0 Å². The zero-order chi connectivity index (χ0) is 13.9. The molecule has 0 heterocycles. The van der Waals surface area contributed by atoms with E-state index in [-0.39, 0.29) is 11.3 Å². The Labute approximate surface area is 114 Å². The minimum Gasteiger partial charge on any atom is -0.340 e. The molecule has 0 saturated carbocycles. The topological polar surface area (TPSA) is 46.3 Å². The maximum absolute atomic E-state index is 12.1. The van der Waals surface area contributed by atoms with E-state index in [0.717, 1.165) is 5.56 Å². The molecule has 0 spiro atoms. The number of hydrogen-bond acceptors (Lipinski definition) is 2. The highest BCUT2D eigenvalue weighted by Gasteiger charge is 2.29. The molecule has 0 aliphatic rings. The van der Waals surface area contributed by atoms with Gasteiger partial charge in [0, 0.05) is 18.6 Å². The van der Waals surface area contributed by atoms with Crippen molar-refractivity contribution in [2.24, 2.45) is 11.1 Å². The average Bonchev–Trinajstić information content (AvgIpc) is 2.29. The van der Waals surface area contributed by atoms with Crippen molar-refractivity contribution < 1.29 is 4.79 Å². The standard InChI is InChI=1S/C14H21ClN2O/c1-14(2,3)12(16)13(18)17(4)9-10-5-7-11(15)8-6-10/h5-8,12H,9,16H2,1-4H3/t12-/m0/s1. The number of nitrogens with two attached hydrogens (primary N) is 1. The monoisotopic (exact) mass is 268 g/mol. The van der Waals surface area contributed by atoms with Crippen LogP contribution in [0, 0.1) is 5.41 Å². The van der Waals surface area contributed by atoms with E-state index in [2.05, 4.69) is 0 Å². The van der Waals surface area contributed by atoms with Gasteiger partial charge in [0.1, 0.15) is 0 Å². The third kappa shape index (κ3) is 4.00. The summed E-state index contributed by atoms with van der Waals surface area (Å²) in [5, 5.41) is 0.694. The molecule has 1 atom stereocenters. The van der Waals surface area contributed by atoms with E-state index in [1.165, 1.54) is 0 Å². The molecular formula is C14H21ClN2O. The van der Waals surface area contributed by atoms with Gasteiger partial charge in [-0.3, -0.25) is 4.79 Å². The van der Waals surface area contributed by atoms with Gasteiger partial charge in [-0.15, -0.1) is 0 Å². The zero-order valence-corrected chi connectivity index (χ0v) is 12.2. The number of carbonyl (C=O) groups is 1. The van der Waals surface area contributed by atoms with E-state index in [0.29, 0.717) is 11.6 Å². The van der Waals surface area contributed by atoms with E-state index < -0.39 is 6.04 Å². The predicted octanol–water partition coefficient (Wildman–Crippen LogP) is 2.67. The summed E-state index contributed by atoms with van der Waals surface area (Å²) < 4.78 is 0. The van der Waals surface area contributed by atoms with Gasteiger partial charge in [0.2, 0.25) is 5.91 Å². The van der Waals surface area contributed by atoms with E-state index >= 15 is 0 Å². The minimum atomic E-state index is -0.491. The second kappa shape index (κ2) is 5.72. The Balaban J connectivity index is 2.68. The third-order valence-corrected chi connectivity index (χ3v) is 3.16. The summed E-state index contributed by atoms with van der Waals surface area (Å²) >= 11 is 5.82. The van der Waals surface area contributed by atoms with Gasteiger partial charge in [-0.25, -0.2) is 0 Å². The smallest absolute Gasteiger partial charge is 0.240 e. The second-order valence-electron chi connectivity index (χ2n) is 5.66. The summed E-state index contributed by atoms with van der Waals surface area (Å²) in [6.07, 6.45) is 0. The van der Waals surface area contributed by atoms with E-state index in [1.807, 2.05) is 45.0 Å². The first-order valence-electron chi connectivity index (χ1n) is 5.97. The Morgan fingerprint density at radius 2 is 1.83 bits per heavy atom. The van der Waals surface area contributed by atoms with Crippen molar-refractivity contribution >= 4 is 17.5 Å². The molecule has 1 amide bonds. The van der Waals surface area contributed by atoms with Gasteiger partial charge >= 0.3 is 0 Å². The zero-order valence-electron chi connectivity index (χ0n) is 11.4. The highest BCUT2D eigenvalue weighted by Crippen LogP contribution is 2.19. The van der Waals surface area contributed by atoms with Gasteiger partial charge in [-0.1, -0.05) is 44.5 Å². The lowest BCUT2D eigenvalue weighted by Crippen LogP contribution is -2.48. The maximum atomic E-state index is 12.1. The number of likely N-dealkylation sites (N-methyl/N-ethyl adjacent to an activating group) is 1. The lowest BCUT2D eigenvalue weighted by atomic mass is 9.86. The Morgan fingerprint density at radius 3 is 2.28 bits per heavy atom. The van der Waals surface area contributed by atoms with Gasteiger partial charge in [-0.2, -0.15) is 0 Å². The van der Waals surface area contributed by atoms with Crippen molar-refractivity contribution in [2.75, 3.05) is 7.05 Å². The molecule has 1 rings (SSSR count). The quantitative estimate of drug-likeness (QED) is 0.916. The number of halogens is 1. The summed E-state index contributed by atoms with van der Waals surface area (Å²) in [4.78, 5) is 13.8. The summed E-state index contributed by atoms with van der Waals surface area (Å²) in [7, 11) is 1.77. The molecule has 3 nitrogen and oxygen atoms in total. The third-order valence-electron chi connectivity index (χ3n) is 2.91. The van der Waals surface area contributed by atoms with Gasteiger partial charge in [0.25, 0.3) is 0 Å². The number of hydrogen-bond donors (Lipinski definition) is 1. The molecule has 100 valence electrons. The van der Waals surface area contributed by atoms with E-state index in [1.54, 1.807) is 11.9 Å². The van der Waals surface area contributed by atoms with Crippen LogP contribution in [0.25, 0.3) is 0 Å². The Bertz CT molecular complexity index is 409. The van der Waals surface area contributed by atoms with E-state index in [4.69, 9.17) is 17.3 Å². The molecule has 0 aliphatic carbocycles. The molecule has 0 fully saturated rings. The molecule has 0 unspecified atom stereocenters. The average molecular weight is 269 g/mol. The maximum Gasteiger partial charge on any atom is 0.240 e. The lowest BCUT2D eigenvalue weighted by Gasteiger charge is -2.30. The summed E-state index contributed by atoms with van der Waals surface area (Å²) in [6, 6.07) is 6.97. The van der Waals surface area contributed by atoms with Crippen molar-refractivity contribution in [3.63, 3.8) is 0 Å². The lowest BCUT2D eigenvalue weighted by molar-refractivity contribution is -0.134. The first kappa shape index (κ1) is 15.0. The number of rotatable bonds is 3. The van der Waals surface area contributed by atoms with Crippen molar-refractivity contribution in [3.05, 3.63) is 34.9 Å². The highest BCUT2D eigenvalue weighted by atomic mass is 35.5. The van der Waals surface area contributed by atoms with Crippen LogP contribution < -0.4 is 5.73 Å². The largest absolute Gasteiger partial charge is 0.340 e. The molecule has 0 radical (unpaired) electrons. The number of nitrogens with zero attached hydrogens (tertiary/aromatic N) is 1. The number of carbonyl (C=O) groups excluding carboxylic acids is 1. The fourth-order valence-electron chi connectivity index (χ4n) is 1.55. The first-order chi connectivity index (χ1) is 8.21. The van der Waals surface area contributed by atoms with Crippen molar-refractivity contribution in [1.82, 2.24) is 4.90 Å². The summed E-state index contributed by atoms with van der Waals surface area (Å²) in [5.74, 6) is -0.0440. The van der Waals surface area contributed by atoms with Crippen molar-refractivity contribution in [3.8, 4) is 0 Å². The summed E-state index contributed by atoms with van der Waals surface area (Å²) in [5.41, 5.74) is 6.77. The normalized spacial score (nSPS) is 13.2. The van der Waals surface area contributed by atoms with Crippen LogP contribution in [0.1, 0.15) is 26.3 Å². The van der Waals surface area contributed by atoms with Crippen LogP contribution in [0.5, 0.6) is 0 Å². The first-order valence-corrected chi connectivity index (χ1v) is 6.34. The molecular weight excluding hydrogens is 248 g/mol. The van der Waals surface area contributed by atoms with Crippen molar-refractivity contribution in [1.29, 1.82) is 0 Å². The molecule has 4 heteroatoms. The van der Waals surface area contributed by atoms with Crippen LogP contribution in [-0.2, 0) is 11.3 Å². The second-order valence-corrected chi connectivity index (χ2v) is 6.10. The SMILES string of the molecule is CN(Cc1ccc(Cl)cc1)C(=O)[C@H](N)C(C)(C)C. The van der Waals surface area contributed by atoms with Crippen LogP contribution >= 0.6 is 11.6 Å². The van der Waals surface area contributed by atoms with Crippen LogP contribution in [0.2, 0.25) is 5.02 Å². The summed E-state index contributed by atoms with van der Waals surface area (Å²) in [6.45, 7) is 6.43. The van der Waals surface area contributed by atoms with Gasteiger partial charge in [0.05, 0.1) is 6.04 Å². The number of benzene rings is 1.